The summed E-state index contributed by atoms with van der Waals surface area (Å²) in [6.07, 6.45) is 0. The van der Waals surface area contributed by atoms with Gasteiger partial charge in [-0.25, -0.2) is 0 Å². The molecule has 0 saturated heterocycles. The molecule has 1 N–H and O–H groups in total. The summed E-state index contributed by atoms with van der Waals surface area (Å²) >= 11 is 0. The molecule has 13 heavy (non-hydrogen) atoms. The summed E-state index contributed by atoms with van der Waals surface area (Å²) in [4.78, 5) is 11.2. The minimum atomic E-state index is 0. The Balaban J connectivity index is 0.000000720. The van der Waals surface area contributed by atoms with Crippen molar-refractivity contribution in [2.24, 2.45) is 0 Å². The first-order chi connectivity index (χ1) is 5.38. The standard InChI is InChI=1S/C9H9NO.2ClH/c11-9-6-10-5-7-3-1-2-4-8(7)9;;/h1-4,10H,5-6H2;2*1H. The SMILES string of the molecule is Cl.Cl.O=C1CNCc2ccccc21. The quantitative estimate of drug-likeness (QED) is 0.722. The van der Waals surface area contributed by atoms with Crippen molar-refractivity contribution in [3.63, 3.8) is 0 Å². The Morgan fingerprint density at radius 3 is 2.46 bits per heavy atom. The molecule has 0 fully saturated rings. The van der Waals surface area contributed by atoms with Gasteiger partial charge in [-0.2, -0.15) is 0 Å². The summed E-state index contributed by atoms with van der Waals surface area (Å²) in [5.41, 5.74) is 2.00. The van der Waals surface area contributed by atoms with E-state index < -0.39 is 0 Å². The zero-order chi connectivity index (χ0) is 7.68. The Hall–Kier alpha value is -0.570. The van der Waals surface area contributed by atoms with E-state index >= 15 is 0 Å². The Bertz CT molecular complexity index is 301. The van der Waals surface area contributed by atoms with Gasteiger partial charge >= 0.3 is 0 Å². The first-order valence-corrected chi connectivity index (χ1v) is 3.70. The van der Waals surface area contributed by atoms with Crippen LogP contribution in [-0.4, -0.2) is 12.3 Å². The lowest BCUT2D eigenvalue weighted by molar-refractivity contribution is 0.0982. The van der Waals surface area contributed by atoms with Gasteiger partial charge in [0.05, 0.1) is 6.54 Å². The molecular weight excluding hydrogens is 209 g/mol. The van der Waals surface area contributed by atoms with Crippen LogP contribution >= 0.6 is 24.8 Å². The largest absolute Gasteiger partial charge is 0.306 e. The fraction of sp³-hybridized carbons (Fsp3) is 0.222. The van der Waals surface area contributed by atoms with Crippen LogP contribution in [0.4, 0.5) is 0 Å². The molecular formula is C9H11Cl2NO. The molecule has 1 aromatic rings. The van der Waals surface area contributed by atoms with Gasteiger partial charge in [-0.1, -0.05) is 24.3 Å². The van der Waals surface area contributed by atoms with Gasteiger partial charge in [-0.15, -0.1) is 24.8 Å². The maximum absolute atomic E-state index is 11.2. The molecule has 0 aromatic heterocycles. The van der Waals surface area contributed by atoms with Crippen LogP contribution in [-0.2, 0) is 6.54 Å². The average molecular weight is 220 g/mol. The predicted octanol–water partition coefficient (Wildman–Crippen LogP) is 1.82. The number of benzene rings is 1. The van der Waals surface area contributed by atoms with Crippen molar-refractivity contribution in [2.45, 2.75) is 6.54 Å². The van der Waals surface area contributed by atoms with Crippen molar-refractivity contribution < 1.29 is 4.79 Å². The second-order valence-electron chi connectivity index (χ2n) is 2.68. The minimum Gasteiger partial charge on any atom is -0.306 e. The van der Waals surface area contributed by atoms with Crippen LogP contribution in [0.25, 0.3) is 0 Å². The van der Waals surface area contributed by atoms with Gasteiger partial charge in [0.15, 0.2) is 5.78 Å². The maximum Gasteiger partial charge on any atom is 0.176 e. The zero-order valence-electron chi connectivity index (χ0n) is 6.95. The molecule has 0 radical (unpaired) electrons. The predicted molar refractivity (Wildman–Crippen MR) is 57.0 cm³/mol. The highest BCUT2D eigenvalue weighted by atomic mass is 35.5. The average Bonchev–Trinajstić information content (AvgIpc) is 2.06. The second-order valence-corrected chi connectivity index (χ2v) is 2.68. The highest BCUT2D eigenvalue weighted by molar-refractivity contribution is 5.99. The zero-order valence-corrected chi connectivity index (χ0v) is 8.58. The number of hydrogen-bond acceptors (Lipinski definition) is 2. The number of rotatable bonds is 0. The van der Waals surface area contributed by atoms with Crippen LogP contribution in [0.2, 0.25) is 0 Å². The Morgan fingerprint density at radius 1 is 1.08 bits per heavy atom. The fourth-order valence-corrected chi connectivity index (χ4v) is 1.35. The van der Waals surface area contributed by atoms with Crippen LogP contribution in [0.5, 0.6) is 0 Å². The number of Topliss-reactive ketones (excluding diaryl/α,β-unsaturated/α-hetero) is 1. The van der Waals surface area contributed by atoms with E-state index in [4.69, 9.17) is 0 Å². The number of carbonyl (C=O) groups excluding carboxylic acids is 1. The van der Waals surface area contributed by atoms with E-state index in [1.807, 2.05) is 24.3 Å². The van der Waals surface area contributed by atoms with Crippen LogP contribution in [0, 0.1) is 0 Å². The third-order valence-electron chi connectivity index (χ3n) is 1.92. The lowest BCUT2D eigenvalue weighted by atomic mass is 10.0. The molecule has 4 heteroatoms. The summed E-state index contributed by atoms with van der Waals surface area (Å²) in [5.74, 6) is 0.201. The van der Waals surface area contributed by atoms with Crippen molar-refractivity contribution in [2.75, 3.05) is 6.54 Å². The summed E-state index contributed by atoms with van der Waals surface area (Å²) in [7, 11) is 0. The second kappa shape index (κ2) is 5.22. The maximum atomic E-state index is 11.2. The van der Waals surface area contributed by atoms with Gasteiger partial charge in [0.25, 0.3) is 0 Å². The van der Waals surface area contributed by atoms with Gasteiger partial charge < -0.3 is 5.32 Å². The molecule has 0 aliphatic carbocycles. The highest BCUT2D eigenvalue weighted by Gasteiger charge is 2.14. The topological polar surface area (TPSA) is 29.1 Å². The van der Waals surface area contributed by atoms with Crippen LogP contribution in [0.3, 0.4) is 0 Å². The molecule has 0 bridgehead atoms. The first kappa shape index (κ1) is 12.4. The van der Waals surface area contributed by atoms with Crippen molar-refractivity contribution in [1.82, 2.24) is 5.32 Å². The third-order valence-corrected chi connectivity index (χ3v) is 1.92. The van der Waals surface area contributed by atoms with E-state index in [1.54, 1.807) is 0 Å². The summed E-state index contributed by atoms with van der Waals surface area (Å²) < 4.78 is 0. The van der Waals surface area contributed by atoms with Crippen molar-refractivity contribution in [3.8, 4) is 0 Å². The van der Waals surface area contributed by atoms with E-state index in [0.29, 0.717) is 6.54 Å². The van der Waals surface area contributed by atoms with Crippen molar-refractivity contribution in [3.05, 3.63) is 35.4 Å². The van der Waals surface area contributed by atoms with Crippen LogP contribution in [0.15, 0.2) is 24.3 Å². The molecule has 0 spiro atoms. The monoisotopic (exact) mass is 219 g/mol. The smallest absolute Gasteiger partial charge is 0.176 e. The summed E-state index contributed by atoms with van der Waals surface area (Å²) in [6, 6.07) is 7.74. The van der Waals surface area contributed by atoms with Gasteiger partial charge in [0.2, 0.25) is 0 Å². The molecule has 0 saturated carbocycles. The van der Waals surface area contributed by atoms with Gasteiger partial charge in [-0.3, -0.25) is 4.79 Å². The number of carbonyl (C=O) groups is 1. The lowest BCUT2D eigenvalue weighted by Gasteiger charge is -2.14. The van der Waals surface area contributed by atoms with E-state index in [0.717, 1.165) is 17.7 Å². The summed E-state index contributed by atoms with van der Waals surface area (Å²) in [5, 5.41) is 3.04. The Labute approximate surface area is 89.5 Å². The van der Waals surface area contributed by atoms with Crippen LogP contribution in [0.1, 0.15) is 15.9 Å². The fourth-order valence-electron chi connectivity index (χ4n) is 1.35. The van der Waals surface area contributed by atoms with E-state index in [2.05, 4.69) is 5.32 Å². The van der Waals surface area contributed by atoms with E-state index in [1.165, 1.54) is 0 Å². The van der Waals surface area contributed by atoms with Crippen molar-refractivity contribution >= 4 is 30.6 Å². The molecule has 1 heterocycles. The number of halogens is 2. The Kier molecular flexibility index (Phi) is 4.99. The molecule has 1 aliphatic heterocycles. The van der Waals surface area contributed by atoms with Gasteiger partial charge in [-0.05, 0) is 5.56 Å². The Morgan fingerprint density at radius 2 is 1.77 bits per heavy atom. The molecule has 2 rings (SSSR count). The number of nitrogens with one attached hydrogen (secondary N) is 1. The van der Waals surface area contributed by atoms with Gasteiger partial charge in [0, 0.05) is 12.1 Å². The molecule has 1 aromatic carbocycles. The van der Waals surface area contributed by atoms with Crippen molar-refractivity contribution in [1.29, 1.82) is 0 Å². The first-order valence-electron chi connectivity index (χ1n) is 3.70. The molecule has 72 valence electrons. The number of fused-ring (bicyclic) bond motifs is 1. The number of hydrogen-bond donors (Lipinski definition) is 1. The minimum absolute atomic E-state index is 0. The number of ketones is 1. The normalized spacial score (nSPS) is 13.7. The van der Waals surface area contributed by atoms with E-state index in [-0.39, 0.29) is 30.6 Å². The van der Waals surface area contributed by atoms with E-state index in [9.17, 15) is 4.79 Å². The summed E-state index contributed by atoms with van der Waals surface area (Å²) in [6.45, 7) is 1.30. The highest BCUT2D eigenvalue weighted by Crippen LogP contribution is 2.11. The molecule has 1 aliphatic rings. The molecule has 0 amide bonds. The molecule has 0 unspecified atom stereocenters. The lowest BCUT2D eigenvalue weighted by Crippen LogP contribution is -2.29. The van der Waals surface area contributed by atoms with Crippen LogP contribution < -0.4 is 5.32 Å². The third kappa shape index (κ3) is 2.44. The molecule has 0 atom stereocenters. The molecule has 2 nitrogen and oxygen atoms in total. The van der Waals surface area contributed by atoms with Gasteiger partial charge in [0.1, 0.15) is 0 Å².